The lowest BCUT2D eigenvalue weighted by molar-refractivity contribution is 0.199. The van der Waals surface area contributed by atoms with Crippen LogP contribution in [0.1, 0.15) is 17.0 Å². The molecule has 1 N–H and O–H groups in total. The van der Waals surface area contributed by atoms with Gasteiger partial charge < -0.3 is 14.5 Å². The highest BCUT2D eigenvalue weighted by Crippen LogP contribution is 2.36. The molecule has 4 nitrogen and oxygen atoms in total. The molecule has 0 radical (unpaired) electrons. The van der Waals surface area contributed by atoms with Gasteiger partial charge in [0.25, 0.3) is 5.22 Å². The molecule has 0 unspecified atom stereocenters. The van der Waals surface area contributed by atoms with Gasteiger partial charge in [-0.15, -0.1) is 0 Å². The molecule has 0 aliphatic carbocycles. The Morgan fingerprint density at radius 1 is 1.38 bits per heavy atom. The molecule has 0 aliphatic heterocycles. The number of rotatable bonds is 7. The van der Waals surface area contributed by atoms with Crippen LogP contribution in [0.2, 0.25) is 5.02 Å². The molecule has 0 fully saturated rings. The Bertz CT molecular complexity index is 582. The number of aromatic nitrogens is 1. The minimum atomic E-state index is 0.622. The number of oxazole rings is 1. The van der Waals surface area contributed by atoms with Gasteiger partial charge in [-0.2, -0.15) is 0 Å². The van der Waals surface area contributed by atoms with Crippen LogP contribution in [0.25, 0.3) is 0 Å². The summed E-state index contributed by atoms with van der Waals surface area (Å²) in [6.45, 7) is 6.05. The number of benzene rings is 1. The first-order valence-corrected chi connectivity index (χ1v) is 7.90. The summed E-state index contributed by atoms with van der Waals surface area (Å²) in [5.74, 6) is 0.837. The lowest BCUT2D eigenvalue weighted by atomic mass is 10.2. The first-order chi connectivity index (χ1) is 10.1. The van der Waals surface area contributed by atoms with Gasteiger partial charge in [0.15, 0.2) is 0 Å². The predicted molar refractivity (Wildman–Crippen MR) is 85.1 cm³/mol. The van der Waals surface area contributed by atoms with Gasteiger partial charge >= 0.3 is 0 Å². The average molecular weight is 327 g/mol. The normalized spacial score (nSPS) is 11.0. The third kappa shape index (κ3) is 4.48. The maximum absolute atomic E-state index is 6.32. The zero-order valence-electron chi connectivity index (χ0n) is 12.4. The summed E-state index contributed by atoms with van der Waals surface area (Å²) in [5, 5.41) is 4.65. The van der Waals surface area contributed by atoms with Crippen molar-refractivity contribution in [3.05, 3.63) is 40.2 Å². The van der Waals surface area contributed by atoms with Crippen molar-refractivity contribution in [1.82, 2.24) is 10.3 Å². The molecule has 0 spiro atoms. The number of ether oxygens (including phenoxy) is 1. The van der Waals surface area contributed by atoms with Gasteiger partial charge in [-0.25, -0.2) is 4.98 Å². The fourth-order valence-electron chi connectivity index (χ4n) is 1.78. The van der Waals surface area contributed by atoms with E-state index in [1.54, 1.807) is 7.11 Å². The van der Waals surface area contributed by atoms with E-state index < -0.39 is 0 Å². The van der Waals surface area contributed by atoms with Gasteiger partial charge in [0, 0.05) is 25.1 Å². The van der Waals surface area contributed by atoms with Crippen LogP contribution < -0.4 is 5.32 Å². The monoisotopic (exact) mass is 326 g/mol. The van der Waals surface area contributed by atoms with Crippen LogP contribution in [0.3, 0.4) is 0 Å². The quantitative estimate of drug-likeness (QED) is 0.783. The molecule has 2 rings (SSSR count). The minimum Gasteiger partial charge on any atom is -0.436 e. The van der Waals surface area contributed by atoms with Crippen molar-refractivity contribution >= 4 is 23.4 Å². The zero-order chi connectivity index (χ0) is 15.2. The highest BCUT2D eigenvalue weighted by atomic mass is 35.5. The standard InChI is InChI=1S/C15H19ClN2O2S/c1-10-11(2)20-15(18-10)21-14-12(5-4-6-13(14)16)9-17-7-8-19-3/h4-6,17H,7-9H2,1-3H3. The van der Waals surface area contributed by atoms with Crippen molar-refractivity contribution in [1.29, 1.82) is 0 Å². The van der Waals surface area contributed by atoms with E-state index in [0.29, 0.717) is 16.9 Å². The molecule has 0 bridgehead atoms. The van der Waals surface area contributed by atoms with Crippen molar-refractivity contribution in [3.8, 4) is 0 Å². The van der Waals surface area contributed by atoms with Crippen LogP contribution in [0.5, 0.6) is 0 Å². The SMILES string of the molecule is COCCNCc1cccc(Cl)c1Sc1nc(C)c(C)o1. The molecule has 1 aromatic heterocycles. The number of halogens is 1. The molecule has 0 saturated carbocycles. The first-order valence-electron chi connectivity index (χ1n) is 6.70. The Labute approximate surface area is 134 Å². The second-order valence-electron chi connectivity index (χ2n) is 4.62. The van der Waals surface area contributed by atoms with E-state index in [4.69, 9.17) is 20.8 Å². The molecule has 114 valence electrons. The fourth-order valence-corrected chi connectivity index (χ4v) is 3.05. The molecule has 0 atom stereocenters. The van der Waals surface area contributed by atoms with E-state index in [9.17, 15) is 0 Å². The number of aryl methyl sites for hydroxylation is 2. The van der Waals surface area contributed by atoms with E-state index in [2.05, 4.69) is 16.4 Å². The van der Waals surface area contributed by atoms with E-state index in [-0.39, 0.29) is 0 Å². The van der Waals surface area contributed by atoms with E-state index >= 15 is 0 Å². The maximum atomic E-state index is 6.32. The number of nitrogens with one attached hydrogen (secondary N) is 1. The third-order valence-electron chi connectivity index (χ3n) is 3.05. The maximum Gasteiger partial charge on any atom is 0.261 e. The highest BCUT2D eigenvalue weighted by molar-refractivity contribution is 7.99. The summed E-state index contributed by atoms with van der Waals surface area (Å²) in [7, 11) is 1.69. The average Bonchev–Trinajstić information content (AvgIpc) is 2.77. The molecule has 1 heterocycles. The van der Waals surface area contributed by atoms with Crippen molar-refractivity contribution in [2.24, 2.45) is 0 Å². The smallest absolute Gasteiger partial charge is 0.261 e. The Kier molecular flexibility index (Phi) is 6.11. The summed E-state index contributed by atoms with van der Waals surface area (Å²) in [4.78, 5) is 5.37. The largest absolute Gasteiger partial charge is 0.436 e. The second-order valence-corrected chi connectivity index (χ2v) is 5.99. The Morgan fingerprint density at radius 3 is 2.86 bits per heavy atom. The molecule has 2 aromatic rings. The molecular weight excluding hydrogens is 308 g/mol. The van der Waals surface area contributed by atoms with Crippen molar-refractivity contribution in [2.75, 3.05) is 20.3 Å². The van der Waals surface area contributed by atoms with E-state index in [0.717, 1.165) is 35.0 Å². The first kappa shape index (κ1) is 16.4. The lowest BCUT2D eigenvalue weighted by Gasteiger charge is -2.10. The summed E-state index contributed by atoms with van der Waals surface area (Å²) in [5.41, 5.74) is 2.03. The minimum absolute atomic E-state index is 0.622. The predicted octanol–water partition coefficient (Wildman–Crippen LogP) is 3.83. The van der Waals surface area contributed by atoms with Crippen LogP contribution >= 0.6 is 23.4 Å². The number of hydrogen-bond donors (Lipinski definition) is 1. The zero-order valence-corrected chi connectivity index (χ0v) is 14.0. The molecule has 6 heteroatoms. The van der Waals surface area contributed by atoms with Gasteiger partial charge in [0.2, 0.25) is 0 Å². The Hall–Kier alpha value is -1.01. The summed E-state index contributed by atoms with van der Waals surface area (Å²) in [6.07, 6.45) is 0. The van der Waals surface area contributed by atoms with Crippen molar-refractivity contribution in [3.63, 3.8) is 0 Å². The van der Waals surface area contributed by atoms with Gasteiger partial charge in [0.05, 0.1) is 17.3 Å². The summed E-state index contributed by atoms with van der Waals surface area (Å²) < 4.78 is 10.7. The molecule has 21 heavy (non-hydrogen) atoms. The number of nitrogens with zero attached hydrogens (tertiary/aromatic N) is 1. The van der Waals surface area contributed by atoms with Crippen molar-refractivity contribution in [2.45, 2.75) is 30.5 Å². The number of methoxy groups -OCH3 is 1. The lowest BCUT2D eigenvalue weighted by Crippen LogP contribution is -2.18. The van der Waals surface area contributed by atoms with Gasteiger partial charge in [-0.1, -0.05) is 23.7 Å². The summed E-state index contributed by atoms with van der Waals surface area (Å²) >= 11 is 7.78. The molecule has 0 amide bonds. The van der Waals surface area contributed by atoms with Gasteiger partial charge in [-0.05, 0) is 37.2 Å². The van der Waals surface area contributed by atoms with Crippen LogP contribution in [0.4, 0.5) is 0 Å². The Balaban J connectivity index is 2.13. The third-order valence-corrected chi connectivity index (χ3v) is 4.51. The van der Waals surface area contributed by atoms with Crippen molar-refractivity contribution < 1.29 is 9.15 Å². The van der Waals surface area contributed by atoms with E-state index in [1.165, 1.54) is 11.8 Å². The van der Waals surface area contributed by atoms with E-state index in [1.807, 2.05) is 26.0 Å². The van der Waals surface area contributed by atoms with Crippen LogP contribution in [-0.2, 0) is 11.3 Å². The summed E-state index contributed by atoms with van der Waals surface area (Å²) in [6, 6.07) is 5.88. The van der Waals surface area contributed by atoms with Gasteiger partial charge in [-0.3, -0.25) is 0 Å². The second kappa shape index (κ2) is 7.84. The Morgan fingerprint density at radius 2 is 2.19 bits per heavy atom. The number of hydrogen-bond acceptors (Lipinski definition) is 5. The molecular formula is C15H19ClN2O2S. The molecule has 0 saturated heterocycles. The fraction of sp³-hybridized carbons (Fsp3) is 0.400. The highest BCUT2D eigenvalue weighted by Gasteiger charge is 2.13. The molecule has 1 aromatic carbocycles. The van der Waals surface area contributed by atoms with Crippen LogP contribution in [-0.4, -0.2) is 25.2 Å². The van der Waals surface area contributed by atoms with Crippen LogP contribution in [0, 0.1) is 13.8 Å². The molecule has 0 aliphatic rings. The van der Waals surface area contributed by atoms with Crippen LogP contribution in [0.15, 0.2) is 32.7 Å². The topological polar surface area (TPSA) is 47.3 Å². The van der Waals surface area contributed by atoms with Gasteiger partial charge in [0.1, 0.15) is 5.76 Å².